The molecule has 0 aliphatic carbocycles. The molecule has 0 unspecified atom stereocenters. The average Bonchev–Trinajstić information content (AvgIpc) is 2.91. The van der Waals surface area contributed by atoms with E-state index in [0.717, 1.165) is 12.1 Å². The number of aromatic nitrogens is 1. The van der Waals surface area contributed by atoms with Crippen molar-refractivity contribution in [2.24, 2.45) is 12.0 Å². The van der Waals surface area contributed by atoms with Crippen LogP contribution in [0.15, 0.2) is 41.4 Å². The lowest BCUT2D eigenvalue weighted by molar-refractivity contribution is -0.119. The normalized spacial score (nSPS) is 10.9. The number of rotatable bonds is 8. The summed E-state index contributed by atoms with van der Waals surface area (Å²) in [6, 6.07) is 11.8. The minimum Gasteiger partial charge on any atom is -0.357 e. The molecule has 0 saturated heterocycles. The lowest BCUT2D eigenvalue weighted by Gasteiger charge is -2.12. The van der Waals surface area contributed by atoms with Gasteiger partial charge in [0.05, 0.1) is 18.1 Å². The first kappa shape index (κ1) is 24.6. The third kappa shape index (κ3) is 7.89. The molecule has 0 aliphatic heterocycles. The lowest BCUT2D eigenvalue weighted by atomic mass is 10.1. The van der Waals surface area contributed by atoms with Gasteiger partial charge in [-0.05, 0) is 25.0 Å². The third-order valence-electron chi connectivity index (χ3n) is 3.95. The van der Waals surface area contributed by atoms with E-state index >= 15 is 0 Å². The summed E-state index contributed by atoms with van der Waals surface area (Å²) >= 11 is 12.1. The fourth-order valence-corrected chi connectivity index (χ4v) is 2.88. The van der Waals surface area contributed by atoms with Crippen LogP contribution in [0.4, 0.5) is 0 Å². The van der Waals surface area contributed by atoms with E-state index in [-0.39, 0.29) is 36.4 Å². The Morgan fingerprint density at radius 2 is 1.86 bits per heavy atom. The van der Waals surface area contributed by atoms with Gasteiger partial charge in [-0.2, -0.15) is 0 Å². The van der Waals surface area contributed by atoms with E-state index in [4.69, 9.17) is 23.2 Å². The van der Waals surface area contributed by atoms with Gasteiger partial charge in [-0.3, -0.25) is 4.79 Å². The summed E-state index contributed by atoms with van der Waals surface area (Å²) in [4.78, 5) is 16.5. The lowest BCUT2D eigenvalue weighted by Crippen LogP contribution is -2.43. The monoisotopic (exact) mass is 537 g/mol. The van der Waals surface area contributed by atoms with Crippen LogP contribution in [0, 0.1) is 0 Å². The molecule has 0 radical (unpaired) electrons. The quantitative estimate of drug-likeness (QED) is 0.275. The molecule has 2 aromatic rings. The Labute approximate surface area is 193 Å². The first-order chi connectivity index (χ1) is 13.0. The molecule has 0 saturated carbocycles. The van der Waals surface area contributed by atoms with Gasteiger partial charge in [0.1, 0.15) is 5.15 Å². The number of carbonyl (C=O) groups excluding carboxylic acids is 1. The Morgan fingerprint density at radius 1 is 1.14 bits per heavy atom. The van der Waals surface area contributed by atoms with Crippen molar-refractivity contribution in [1.29, 1.82) is 0 Å². The van der Waals surface area contributed by atoms with Crippen molar-refractivity contribution in [2.45, 2.75) is 19.9 Å². The van der Waals surface area contributed by atoms with Crippen LogP contribution in [0.2, 0.25) is 10.2 Å². The summed E-state index contributed by atoms with van der Waals surface area (Å²) in [6.45, 7) is 3.80. The maximum absolute atomic E-state index is 12.0. The van der Waals surface area contributed by atoms with E-state index in [1.54, 1.807) is 10.6 Å². The number of amides is 1. The smallest absolute Gasteiger partial charge is 0.239 e. The van der Waals surface area contributed by atoms with Crippen LogP contribution in [-0.2, 0) is 24.8 Å². The number of guanidine groups is 1. The first-order valence-corrected chi connectivity index (χ1v) is 9.59. The molecule has 0 spiro atoms. The Hall–Kier alpha value is -1.45. The summed E-state index contributed by atoms with van der Waals surface area (Å²) < 4.78 is 1.78. The van der Waals surface area contributed by atoms with Crippen LogP contribution >= 0.6 is 47.2 Å². The van der Waals surface area contributed by atoms with Crippen LogP contribution in [0.3, 0.4) is 0 Å². The van der Waals surface area contributed by atoms with Gasteiger partial charge in [0.2, 0.25) is 5.91 Å². The third-order valence-corrected chi connectivity index (χ3v) is 4.80. The zero-order valence-electron chi connectivity index (χ0n) is 16.0. The summed E-state index contributed by atoms with van der Waals surface area (Å²) in [6.07, 6.45) is 0.801. The second kappa shape index (κ2) is 12.9. The molecule has 6 nitrogen and oxygen atoms in total. The first-order valence-electron chi connectivity index (χ1n) is 8.83. The van der Waals surface area contributed by atoms with Crippen LogP contribution in [-0.4, -0.2) is 36.1 Å². The summed E-state index contributed by atoms with van der Waals surface area (Å²) in [5.41, 5.74) is 2.08. The Balaban J connectivity index is 0.00000392. The van der Waals surface area contributed by atoms with Gasteiger partial charge >= 0.3 is 0 Å². The van der Waals surface area contributed by atoms with Gasteiger partial charge in [-0.15, -0.1) is 24.0 Å². The molecule has 0 aliphatic rings. The van der Waals surface area contributed by atoms with Gasteiger partial charge in [0.25, 0.3) is 0 Å². The fourth-order valence-electron chi connectivity index (χ4n) is 2.46. The van der Waals surface area contributed by atoms with E-state index in [1.165, 1.54) is 5.56 Å². The molecule has 0 atom stereocenters. The molecule has 1 heterocycles. The van der Waals surface area contributed by atoms with Crippen molar-refractivity contribution in [3.05, 3.63) is 57.8 Å². The van der Waals surface area contributed by atoms with Gasteiger partial charge in [0, 0.05) is 25.8 Å². The van der Waals surface area contributed by atoms with Crippen LogP contribution in [0.5, 0.6) is 0 Å². The second-order valence-electron chi connectivity index (χ2n) is 5.97. The largest absolute Gasteiger partial charge is 0.357 e. The van der Waals surface area contributed by atoms with Gasteiger partial charge in [-0.1, -0.05) is 53.5 Å². The average molecular weight is 538 g/mol. The molecular formula is C19H26Cl2IN5O. The van der Waals surface area contributed by atoms with E-state index in [1.807, 2.05) is 44.3 Å². The van der Waals surface area contributed by atoms with E-state index < -0.39 is 0 Å². The Bertz CT molecular complexity index is 780. The van der Waals surface area contributed by atoms with Crippen LogP contribution in [0.25, 0.3) is 0 Å². The van der Waals surface area contributed by atoms with Crippen LogP contribution < -0.4 is 16.0 Å². The highest BCUT2D eigenvalue weighted by molar-refractivity contribution is 14.0. The van der Waals surface area contributed by atoms with Crippen molar-refractivity contribution in [3.63, 3.8) is 0 Å². The minimum absolute atomic E-state index is 0. The number of hydrogen-bond donors (Lipinski definition) is 3. The van der Waals surface area contributed by atoms with Gasteiger partial charge < -0.3 is 20.5 Å². The molecule has 3 N–H and O–H groups in total. The SMILES string of the molecule is CCNC(=NCc1cc(Cl)c(Cl)n1C)NCC(=O)NCCc1ccccc1.I. The molecule has 154 valence electrons. The molecule has 28 heavy (non-hydrogen) atoms. The number of halogens is 3. The van der Waals surface area contributed by atoms with Crippen molar-refractivity contribution >= 4 is 59.0 Å². The van der Waals surface area contributed by atoms with E-state index in [2.05, 4.69) is 20.9 Å². The Morgan fingerprint density at radius 3 is 2.46 bits per heavy atom. The van der Waals surface area contributed by atoms with Gasteiger partial charge in [-0.25, -0.2) is 4.99 Å². The van der Waals surface area contributed by atoms with E-state index in [0.29, 0.717) is 35.8 Å². The highest BCUT2D eigenvalue weighted by atomic mass is 127. The zero-order chi connectivity index (χ0) is 19.6. The van der Waals surface area contributed by atoms with Crippen molar-refractivity contribution in [3.8, 4) is 0 Å². The van der Waals surface area contributed by atoms with Crippen molar-refractivity contribution in [2.75, 3.05) is 19.6 Å². The number of nitrogens with zero attached hydrogens (tertiary/aromatic N) is 2. The number of benzene rings is 1. The Kier molecular flexibility index (Phi) is 11.3. The maximum atomic E-state index is 12.0. The molecule has 1 amide bonds. The summed E-state index contributed by atoms with van der Waals surface area (Å²) in [5.74, 6) is 0.477. The molecule has 9 heteroatoms. The van der Waals surface area contributed by atoms with Crippen molar-refractivity contribution in [1.82, 2.24) is 20.5 Å². The topological polar surface area (TPSA) is 70.5 Å². The molecule has 2 rings (SSSR count). The second-order valence-corrected chi connectivity index (χ2v) is 6.73. The molecule has 1 aromatic carbocycles. The number of aliphatic imine (C=N–C) groups is 1. The fraction of sp³-hybridized carbons (Fsp3) is 0.368. The molecule has 0 bridgehead atoms. The zero-order valence-corrected chi connectivity index (χ0v) is 19.8. The maximum Gasteiger partial charge on any atom is 0.239 e. The molecule has 0 fully saturated rings. The van der Waals surface area contributed by atoms with Crippen LogP contribution in [0.1, 0.15) is 18.2 Å². The number of hydrogen-bond acceptors (Lipinski definition) is 2. The summed E-state index contributed by atoms with van der Waals surface area (Å²) in [5, 5.41) is 10.0. The number of nitrogens with one attached hydrogen (secondary N) is 3. The van der Waals surface area contributed by atoms with Crippen molar-refractivity contribution < 1.29 is 4.79 Å². The highest BCUT2D eigenvalue weighted by Gasteiger charge is 2.09. The molecular weight excluding hydrogens is 512 g/mol. The minimum atomic E-state index is -0.0820. The predicted octanol–water partition coefficient (Wildman–Crippen LogP) is 3.36. The number of carbonyl (C=O) groups is 1. The molecule has 1 aromatic heterocycles. The predicted molar refractivity (Wildman–Crippen MR) is 127 cm³/mol. The highest BCUT2D eigenvalue weighted by Crippen LogP contribution is 2.25. The summed E-state index contributed by atoms with van der Waals surface area (Å²) in [7, 11) is 1.83. The van der Waals surface area contributed by atoms with Gasteiger partial charge in [0.15, 0.2) is 5.96 Å². The standard InChI is InChI=1S/C19H25Cl2N5O.HI/c1-3-22-19(24-12-15-11-16(20)18(21)26(15)2)25-13-17(27)23-10-9-14-7-5-4-6-8-14;/h4-8,11H,3,9-10,12-13H2,1-2H3,(H,23,27)(H2,22,24,25);1H. The van der Waals surface area contributed by atoms with E-state index in [9.17, 15) is 4.79 Å².